The van der Waals surface area contributed by atoms with Crippen molar-refractivity contribution >= 4 is 22.0 Å². The standard InChI is InChI=1S/C21H24N2O3S/c1-16-3-5-18(6-4-16)15-23(19-10-11-19)21(24)14-9-17-7-12-20(13-8-17)27(25,26)22-2/h3-9,12-14,19,22H,10-11,15H2,1-2H3/b14-9+. The summed E-state index contributed by atoms with van der Waals surface area (Å²) < 4.78 is 25.8. The number of rotatable bonds is 7. The highest BCUT2D eigenvalue weighted by molar-refractivity contribution is 7.89. The van der Waals surface area contributed by atoms with E-state index in [9.17, 15) is 13.2 Å². The predicted octanol–water partition coefficient (Wildman–Crippen LogP) is 3.11. The number of sulfonamides is 1. The van der Waals surface area contributed by atoms with Gasteiger partial charge in [0.25, 0.3) is 0 Å². The van der Waals surface area contributed by atoms with E-state index in [4.69, 9.17) is 0 Å². The second-order valence-corrected chi connectivity index (χ2v) is 8.68. The molecule has 3 rings (SSSR count). The number of amides is 1. The second kappa shape index (κ2) is 8.06. The summed E-state index contributed by atoms with van der Waals surface area (Å²) in [5, 5.41) is 0. The summed E-state index contributed by atoms with van der Waals surface area (Å²) in [6, 6.07) is 15.0. The van der Waals surface area contributed by atoms with Gasteiger partial charge >= 0.3 is 0 Å². The molecule has 0 heterocycles. The quantitative estimate of drug-likeness (QED) is 0.746. The van der Waals surface area contributed by atoms with Crippen LogP contribution in [0.15, 0.2) is 59.5 Å². The Balaban J connectivity index is 1.69. The van der Waals surface area contributed by atoms with Crippen LogP contribution in [0.3, 0.4) is 0 Å². The highest BCUT2D eigenvalue weighted by Crippen LogP contribution is 2.29. The van der Waals surface area contributed by atoms with Crippen LogP contribution in [0.25, 0.3) is 6.08 Å². The first-order valence-corrected chi connectivity index (χ1v) is 10.5. The first kappa shape index (κ1) is 19.3. The van der Waals surface area contributed by atoms with E-state index in [1.54, 1.807) is 24.3 Å². The van der Waals surface area contributed by atoms with Gasteiger partial charge in [-0.2, -0.15) is 0 Å². The molecule has 0 spiro atoms. The number of carbonyl (C=O) groups is 1. The van der Waals surface area contributed by atoms with Gasteiger partial charge in [-0.1, -0.05) is 42.0 Å². The molecule has 1 fully saturated rings. The smallest absolute Gasteiger partial charge is 0.247 e. The van der Waals surface area contributed by atoms with Gasteiger partial charge in [0.2, 0.25) is 15.9 Å². The van der Waals surface area contributed by atoms with Crippen LogP contribution in [0.1, 0.15) is 29.5 Å². The number of nitrogens with zero attached hydrogens (tertiary/aromatic N) is 1. The van der Waals surface area contributed by atoms with Crippen molar-refractivity contribution in [2.75, 3.05) is 7.05 Å². The molecule has 6 heteroatoms. The van der Waals surface area contributed by atoms with Crippen molar-refractivity contribution in [1.29, 1.82) is 0 Å². The average molecular weight is 385 g/mol. The van der Waals surface area contributed by atoms with E-state index in [2.05, 4.69) is 29.0 Å². The first-order chi connectivity index (χ1) is 12.9. The lowest BCUT2D eigenvalue weighted by Crippen LogP contribution is -2.31. The maximum Gasteiger partial charge on any atom is 0.247 e. The molecule has 0 aliphatic heterocycles. The molecule has 1 aliphatic carbocycles. The number of hydrogen-bond donors (Lipinski definition) is 1. The van der Waals surface area contributed by atoms with Crippen LogP contribution in [0.4, 0.5) is 0 Å². The van der Waals surface area contributed by atoms with Gasteiger partial charge in [0.15, 0.2) is 0 Å². The highest BCUT2D eigenvalue weighted by atomic mass is 32.2. The minimum Gasteiger partial charge on any atom is -0.332 e. The summed E-state index contributed by atoms with van der Waals surface area (Å²) >= 11 is 0. The van der Waals surface area contributed by atoms with E-state index >= 15 is 0 Å². The van der Waals surface area contributed by atoms with Crippen LogP contribution in [-0.4, -0.2) is 32.3 Å². The monoisotopic (exact) mass is 384 g/mol. The van der Waals surface area contributed by atoms with Crippen molar-refractivity contribution in [2.45, 2.75) is 37.2 Å². The third kappa shape index (κ3) is 5.05. The summed E-state index contributed by atoms with van der Waals surface area (Å²) in [5.41, 5.74) is 3.10. The minimum absolute atomic E-state index is 0.0232. The van der Waals surface area contributed by atoms with Crippen LogP contribution < -0.4 is 4.72 Å². The Kier molecular flexibility index (Phi) is 5.77. The second-order valence-electron chi connectivity index (χ2n) is 6.79. The van der Waals surface area contributed by atoms with Crippen molar-refractivity contribution < 1.29 is 13.2 Å². The fourth-order valence-electron chi connectivity index (χ4n) is 2.80. The summed E-state index contributed by atoms with van der Waals surface area (Å²) in [6.07, 6.45) is 5.38. The summed E-state index contributed by atoms with van der Waals surface area (Å²) in [7, 11) is -2.07. The number of carbonyl (C=O) groups excluding carboxylic acids is 1. The van der Waals surface area contributed by atoms with Crippen molar-refractivity contribution in [2.24, 2.45) is 0 Å². The van der Waals surface area contributed by atoms with Gasteiger partial charge in [0, 0.05) is 18.7 Å². The van der Waals surface area contributed by atoms with E-state index < -0.39 is 10.0 Å². The SMILES string of the molecule is CNS(=O)(=O)c1ccc(/C=C/C(=O)N(Cc2ccc(C)cc2)C2CC2)cc1. The lowest BCUT2D eigenvalue weighted by Gasteiger charge is -2.21. The van der Waals surface area contributed by atoms with Crippen LogP contribution in [0.5, 0.6) is 0 Å². The van der Waals surface area contributed by atoms with Crippen molar-refractivity contribution in [3.8, 4) is 0 Å². The highest BCUT2D eigenvalue weighted by Gasteiger charge is 2.31. The van der Waals surface area contributed by atoms with Crippen LogP contribution in [-0.2, 0) is 21.4 Å². The Hall–Kier alpha value is -2.44. The Labute approximate surface area is 160 Å². The molecule has 1 aliphatic rings. The molecule has 0 bridgehead atoms. The van der Waals surface area contributed by atoms with Crippen molar-refractivity contribution in [3.63, 3.8) is 0 Å². The van der Waals surface area contributed by atoms with Crippen LogP contribution in [0.2, 0.25) is 0 Å². The molecule has 1 amide bonds. The average Bonchev–Trinajstić information content (AvgIpc) is 3.51. The van der Waals surface area contributed by atoms with Gasteiger partial charge in [-0.3, -0.25) is 4.79 Å². The lowest BCUT2D eigenvalue weighted by molar-refractivity contribution is -0.127. The molecule has 0 aromatic heterocycles. The van der Waals surface area contributed by atoms with Gasteiger partial charge < -0.3 is 4.90 Å². The van der Waals surface area contributed by atoms with Gasteiger partial charge in [-0.25, -0.2) is 13.1 Å². The van der Waals surface area contributed by atoms with Crippen molar-refractivity contribution in [3.05, 3.63) is 71.3 Å². The van der Waals surface area contributed by atoms with Gasteiger partial charge in [0.1, 0.15) is 0 Å². The molecule has 0 unspecified atom stereocenters. The summed E-state index contributed by atoms with van der Waals surface area (Å²) in [4.78, 5) is 14.8. The molecule has 1 N–H and O–H groups in total. The Morgan fingerprint density at radius 1 is 1.11 bits per heavy atom. The number of benzene rings is 2. The molecule has 2 aromatic rings. The fourth-order valence-corrected chi connectivity index (χ4v) is 3.53. The van der Waals surface area contributed by atoms with Crippen molar-refractivity contribution in [1.82, 2.24) is 9.62 Å². The molecular formula is C21H24N2O3S. The zero-order chi connectivity index (χ0) is 19.4. The topological polar surface area (TPSA) is 66.5 Å². The molecule has 0 radical (unpaired) electrons. The predicted molar refractivity (Wildman–Crippen MR) is 106 cm³/mol. The van der Waals surface area contributed by atoms with E-state index in [1.807, 2.05) is 11.8 Å². The molecule has 0 atom stereocenters. The van der Waals surface area contributed by atoms with Gasteiger partial charge in [-0.05, 0) is 56.1 Å². The normalized spacial score (nSPS) is 14.4. The van der Waals surface area contributed by atoms with Gasteiger partial charge in [0.05, 0.1) is 4.90 Å². The maximum absolute atomic E-state index is 12.7. The number of aryl methyl sites for hydroxylation is 1. The molecule has 27 heavy (non-hydrogen) atoms. The Morgan fingerprint density at radius 3 is 2.30 bits per heavy atom. The van der Waals surface area contributed by atoms with E-state index in [-0.39, 0.29) is 10.8 Å². The fraction of sp³-hybridized carbons (Fsp3) is 0.286. The van der Waals surface area contributed by atoms with Crippen LogP contribution >= 0.6 is 0 Å². The summed E-state index contributed by atoms with van der Waals surface area (Å²) in [6.45, 7) is 2.65. The molecule has 5 nitrogen and oxygen atoms in total. The third-order valence-electron chi connectivity index (χ3n) is 4.62. The zero-order valence-electron chi connectivity index (χ0n) is 15.6. The first-order valence-electron chi connectivity index (χ1n) is 8.97. The maximum atomic E-state index is 12.7. The molecular weight excluding hydrogens is 360 g/mol. The van der Waals surface area contributed by atoms with E-state index in [0.29, 0.717) is 12.6 Å². The summed E-state index contributed by atoms with van der Waals surface area (Å²) in [5.74, 6) is -0.0232. The molecule has 142 valence electrons. The van der Waals surface area contributed by atoms with E-state index in [1.165, 1.54) is 24.7 Å². The zero-order valence-corrected chi connectivity index (χ0v) is 16.4. The lowest BCUT2D eigenvalue weighted by atomic mass is 10.1. The van der Waals surface area contributed by atoms with E-state index in [0.717, 1.165) is 24.0 Å². The molecule has 2 aromatic carbocycles. The Bertz CT molecular complexity index is 928. The third-order valence-corrected chi connectivity index (χ3v) is 6.05. The minimum atomic E-state index is -3.45. The number of hydrogen-bond acceptors (Lipinski definition) is 3. The number of nitrogens with one attached hydrogen (secondary N) is 1. The Morgan fingerprint density at radius 2 is 1.74 bits per heavy atom. The molecule has 1 saturated carbocycles. The van der Waals surface area contributed by atoms with Gasteiger partial charge in [-0.15, -0.1) is 0 Å². The largest absolute Gasteiger partial charge is 0.332 e. The van der Waals surface area contributed by atoms with Crippen LogP contribution in [0, 0.1) is 6.92 Å². The molecule has 0 saturated heterocycles.